The second kappa shape index (κ2) is 5.84. The van der Waals surface area contributed by atoms with E-state index in [2.05, 4.69) is 15.5 Å². The van der Waals surface area contributed by atoms with Gasteiger partial charge in [0.1, 0.15) is 0 Å². The molecule has 0 fully saturated rings. The molecule has 2 rings (SSSR count). The molecule has 1 aromatic carbocycles. The molecule has 0 spiro atoms. The summed E-state index contributed by atoms with van der Waals surface area (Å²) in [5, 5.41) is 9.98. The summed E-state index contributed by atoms with van der Waals surface area (Å²) in [4.78, 5) is 0. The molecule has 0 aliphatic carbocycles. The van der Waals surface area contributed by atoms with Crippen LogP contribution in [0, 0.1) is 12.7 Å². The van der Waals surface area contributed by atoms with Crippen LogP contribution in [-0.2, 0) is 0 Å². The second-order valence-corrected chi connectivity index (χ2v) is 4.43. The minimum Gasteiger partial charge on any atom is -0.434 e. The van der Waals surface area contributed by atoms with E-state index in [-0.39, 0.29) is 17.6 Å². The van der Waals surface area contributed by atoms with Gasteiger partial charge in [0.2, 0.25) is 5.88 Å². The lowest BCUT2D eigenvalue weighted by atomic mass is 10.1. The van der Waals surface area contributed by atoms with Gasteiger partial charge in [0.15, 0.2) is 11.6 Å². The highest BCUT2D eigenvalue weighted by Crippen LogP contribution is 2.31. The number of H-pyrrole nitrogens is 1. The van der Waals surface area contributed by atoms with Crippen molar-refractivity contribution >= 4 is 0 Å². The first kappa shape index (κ1) is 13.5. The fourth-order valence-corrected chi connectivity index (χ4v) is 1.94. The van der Waals surface area contributed by atoms with E-state index in [1.807, 2.05) is 26.8 Å². The molecule has 0 bridgehead atoms. The van der Waals surface area contributed by atoms with Crippen molar-refractivity contribution < 1.29 is 9.13 Å². The SMILES string of the molecule is CCNC(C)c1cccc(F)c1Oc1cc(C)[nH]n1. The number of halogens is 1. The predicted molar refractivity (Wildman–Crippen MR) is 71.9 cm³/mol. The monoisotopic (exact) mass is 263 g/mol. The number of hydrogen-bond acceptors (Lipinski definition) is 3. The number of nitrogens with zero attached hydrogens (tertiary/aromatic N) is 1. The molecule has 1 heterocycles. The summed E-state index contributed by atoms with van der Waals surface area (Å²) >= 11 is 0. The molecule has 1 unspecified atom stereocenters. The molecule has 5 heteroatoms. The summed E-state index contributed by atoms with van der Waals surface area (Å²) in [6, 6.07) is 6.66. The van der Waals surface area contributed by atoms with Crippen LogP contribution in [0.4, 0.5) is 4.39 Å². The molecule has 0 amide bonds. The van der Waals surface area contributed by atoms with Gasteiger partial charge in [-0.25, -0.2) is 4.39 Å². The zero-order valence-electron chi connectivity index (χ0n) is 11.3. The van der Waals surface area contributed by atoms with E-state index in [0.29, 0.717) is 5.88 Å². The number of aromatic amines is 1. The first-order valence-electron chi connectivity index (χ1n) is 6.33. The molecule has 0 radical (unpaired) electrons. The second-order valence-electron chi connectivity index (χ2n) is 4.43. The fourth-order valence-electron chi connectivity index (χ4n) is 1.94. The van der Waals surface area contributed by atoms with Crippen LogP contribution in [0.1, 0.15) is 31.1 Å². The Balaban J connectivity index is 2.32. The van der Waals surface area contributed by atoms with Gasteiger partial charge in [0.05, 0.1) is 0 Å². The maximum absolute atomic E-state index is 14.0. The van der Waals surface area contributed by atoms with E-state index in [0.717, 1.165) is 17.8 Å². The fraction of sp³-hybridized carbons (Fsp3) is 0.357. The van der Waals surface area contributed by atoms with E-state index in [1.165, 1.54) is 6.07 Å². The lowest BCUT2D eigenvalue weighted by Gasteiger charge is -2.17. The third kappa shape index (κ3) is 3.12. The highest BCUT2D eigenvalue weighted by molar-refractivity contribution is 5.39. The van der Waals surface area contributed by atoms with Gasteiger partial charge in [-0.15, -0.1) is 5.10 Å². The Labute approximate surface area is 112 Å². The number of aromatic nitrogens is 2. The van der Waals surface area contributed by atoms with Crippen molar-refractivity contribution in [1.29, 1.82) is 0 Å². The number of hydrogen-bond donors (Lipinski definition) is 2. The number of nitrogens with one attached hydrogen (secondary N) is 2. The quantitative estimate of drug-likeness (QED) is 0.870. The van der Waals surface area contributed by atoms with Crippen LogP contribution in [0.3, 0.4) is 0 Å². The average molecular weight is 263 g/mol. The minimum absolute atomic E-state index is 0.00994. The van der Waals surface area contributed by atoms with Gasteiger partial charge in [-0.3, -0.25) is 5.10 Å². The van der Waals surface area contributed by atoms with E-state index < -0.39 is 0 Å². The lowest BCUT2D eigenvalue weighted by molar-refractivity contribution is 0.412. The van der Waals surface area contributed by atoms with Crippen molar-refractivity contribution in [3.05, 3.63) is 41.3 Å². The number of rotatable bonds is 5. The largest absolute Gasteiger partial charge is 0.434 e. The smallest absolute Gasteiger partial charge is 0.238 e. The van der Waals surface area contributed by atoms with Crippen molar-refractivity contribution in [2.75, 3.05) is 6.54 Å². The van der Waals surface area contributed by atoms with Crippen molar-refractivity contribution in [2.24, 2.45) is 0 Å². The normalized spacial score (nSPS) is 12.4. The van der Waals surface area contributed by atoms with Crippen molar-refractivity contribution in [3.8, 4) is 11.6 Å². The van der Waals surface area contributed by atoms with Gasteiger partial charge in [-0.05, 0) is 26.5 Å². The van der Waals surface area contributed by atoms with Crippen LogP contribution in [0.2, 0.25) is 0 Å². The van der Waals surface area contributed by atoms with Crippen molar-refractivity contribution in [3.63, 3.8) is 0 Å². The summed E-state index contributed by atoms with van der Waals surface area (Å²) in [6.07, 6.45) is 0. The number of aryl methyl sites for hydroxylation is 1. The molecular formula is C14H18FN3O. The van der Waals surface area contributed by atoms with Crippen molar-refractivity contribution in [1.82, 2.24) is 15.5 Å². The Morgan fingerprint density at radius 3 is 2.89 bits per heavy atom. The molecule has 2 aromatic rings. The third-order valence-corrected chi connectivity index (χ3v) is 2.86. The molecular weight excluding hydrogens is 245 g/mol. The Morgan fingerprint density at radius 1 is 1.47 bits per heavy atom. The molecule has 0 aliphatic rings. The highest BCUT2D eigenvalue weighted by atomic mass is 19.1. The van der Waals surface area contributed by atoms with Gasteiger partial charge in [-0.1, -0.05) is 19.1 Å². The molecule has 0 saturated heterocycles. The van der Waals surface area contributed by atoms with Gasteiger partial charge in [0, 0.05) is 23.4 Å². The Kier molecular flexibility index (Phi) is 4.16. The van der Waals surface area contributed by atoms with Crippen molar-refractivity contribution in [2.45, 2.75) is 26.8 Å². The number of ether oxygens (including phenoxy) is 1. The van der Waals surface area contributed by atoms with E-state index in [4.69, 9.17) is 4.74 Å². The molecule has 1 aromatic heterocycles. The minimum atomic E-state index is -0.386. The van der Waals surface area contributed by atoms with Crippen LogP contribution >= 0.6 is 0 Å². The number of benzene rings is 1. The van der Waals surface area contributed by atoms with Gasteiger partial charge < -0.3 is 10.1 Å². The molecule has 102 valence electrons. The van der Waals surface area contributed by atoms with E-state index in [1.54, 1.807) is 12.1 Å². The Morgan fingerprint density at radius 2 is 2.26 bits per heavy atom. The first-order valence-corrected chi connectivity index (χ1v) is 6.33. The molecule has 19 heavy (non-hydrogen) atoms. The third-order valence-electron chi connectivity index (χ3n) is 2.86. The number of para-hydroxylation sites is 1. The van der Waals surface area contributed by atoms with E-state index in [9.17, 15) is 4.39 Å². The summed E-state index contributed by atoms with van der Waals surface area (Å²) in [7, 11) is 0. The van der Waals surface area contributed by atoms with Crippen LogP contribution in [0.15, 0.2) is 24.3 Å². The van der Waals surface area contributed by atoms with Crippen LogP contribution < -0.4 is 10.1 Å². The van der Waals surface area contributed by atoms with Crippen LogP contribution in [0.5, 0.6) is 11.6 Å². The zero-order chi connectivity index (χ0) is 13.8. The van der Waals surface area contributed by atoms with Gasteiger partial charge in [-0.2, -0.15) is 0 Å². The predicted octanol–water partition coefficient (Wildman–Crippen LogP) is 3.32. The zero-order valence-corrected chi connectivity index (χ0v) is 11.3. The average Bonchev–Trinajstić information content (AvgIpc) is 2.78. The summed E-state index contributed by atoms with van der Waals surface area (Å²) < 4.78 is 19.5. The molecule has 0 aliphatic heterocycles. The molecule has 1 atom stereocenters. The Hall–Kier alpha value is -1.88. The summed E-state index contributed by atoms with van der Waals surface area (Å²) in [5.41, 5.74) is 1.65. The molecule has 4 nitrogen and oxygen atoms in total. The summed E-state index contributed by atoms with van der Waals surface area (Å²) in [5.74, 6) is 0.206. The Bertz CT molecular complexity index is 553. The molecule has 0 saturated carbocycles. The van der Waals surface area contributed by atoms with Gasteiger partial charge >= 0.3 is 0 Å². The lowest BCUT2D eigenvalue weighted by Crippen LogP contribution is -2.18. The van der Waals surface area contributed by atoms with Gasteiger partial charge in [0.25, 0.3) is 0 Å². The first-order chi connectivity index (χ1) is 9.11. The molecule has 2 N–H and O–H groups in total. The van der Waals surface area contributed by atoms with Crippen LogP contribution in [0.25, 0.3) is 0 Å². The van der Waals surface area contributed by atoms with Crippen LogP contribution in [-0.4, -0.2) is 16.7 Å². The van der Waals surface area contributed by atoms with E-state index >= 15 is 0 Å². The standard InChI is InChI=1S/C14H18FN3O/c1-4-16-10(3)11-6-5-7-12(15)14(11)19-13-8-9(2)17-18-13/h5-8,10,16H,4H2,1-3H3,(H,17,18). The highest BCUT2D eigenvalue weighted by Gasteiger charge is 2.16. The topological polar surface area (TPSA) is 49.9 Å². The maximum Gasteiger partial charge on any atom is 0.238 e. The maximum atomic E-state index is 14.0. The summed E-state index contributed by atoms with van der Waals surface area (Å²) in [6.45, 7) is 6.65.